The molecule has 1 fully saturated rings. The third-order valence-corrected chi connectivity index (χ3v) is 4.49. The topological polar surface area (TPSA) is 78.9 Å². The van der Waals surface area contributed by atoms with Gasteiger partial charge in [-0.3, -0.25) is 10.4 Å². The fourth-order valence-corrected chi connectivity index (χ4v) is 3.20. The number of aromatic nitrogens is 2. The van der Waals surface area contributed by atoms with Crippen molar-refractivity contribution < 1.29 is 4.42 Å². The van der Waals surface area contributed by atoms with Gasteiger partial charge in [0.05, 0.1) is 17.6 Å². The summed E-state index contributed by atoms with van der Waals surface area (Å²) in [5.74, 6) is 1.27. The number of furan rings is 1. The van der Waals surface area contributed by atoms with Gasteiger partial charge < -0.3 is 19.6 Å². The zero-order chi connectivity index (χ0) is 16.4. The van der Waals surface area contributed by atoms with Crippen molar-refractivity contribution in [1.82, 2.24) is 20.2 Å². The lowest BCUT2D eigenvalue weighted by atomic mass is 10.1. The second-order valence-corrected chi connectivity index (χ2v) is 6.24. The van der Waals surface area contributed by atoms with Gasteiger partial charge in [0.15, 0.2) is 0 Å². The average molecular weight is 323 g/mol. The molecule has 0 saturated carbocycles. The normalized spacial score (nSPS) is 17.9. The molecular formula is C18H21N5O. The van der Waals surface area contributed by atoms with Crippen LogP contribution in [0.2, 0.25) is 0 Å². The number of hydrogen-bond donors (Lipinski definition) is 3. The Hall–Kier alpha value is -2.60. The Morgan fingerprint density at radius 3 is 3.29 bits per heavy atom. The Bertz CT molecular complexity index is 844. The van der Waals surface area contributed by atoms with E-state index in [1.807, 2.05) is 30.6 Å². The minimum atomic E-state index is 0.325. The van der Waals surface area contributed by atoms with Gasteiger partial charge in [0, 0.05) is 36.6 Å². The van der Waals surface area contributed by atoms with Crippen LogP contribution in [0.4, 0.5) is 0 Å². The van der Waals surface area contributed by atoms with Crippen LogP contribution < -0.4 is 10.6 Å². The molecule has 3 aromatic heterocycles. The molecule has 1 saturated heterocycles. The van der Waals surface area contributed by atoms with Crippen LogP contribution in [0, 0.1) is 5.41 Å². The molecule has 6 nitrogen and oxygen atoms in total. The Morgan fingerprint density at radius 2 is 2.42 bits per heavy atom. The van der Waals surface area contributed by atoms with Gasteiger partial charge in [0.1, 0.15) is 17.9 Å². The standard InChI is InChI=1S/C18H21N5O/c19-18(22-15-2-1-5-20-10-15)14-8-16(24-12-14)11-23-7-4-13-9-21-6-3-17(13)23/h3-4,6-9,12,15,20H,1-2,5,10-11H2,(H2,19,22). The van der Waals surface area contributed by atoms with Gasteiger partial charge in [-0.2, -0.15) is 0 Å². The molecule has 124 valence electrons. The van der Waals surface area contributed by atoms with Gasteiger partial charge in [0.2, 0.25) is 0 Å². The summed E-state index contributed by atoms with van der Waals surface area (Å²) in [5, 5.41) is 16.0. The zero-order valence-electron chi connectivity index (χ0n) is 13.5. The molecule has 6 heteroatoms. The lowest BCUT2D eigenvalue weighted by Crippen LogP contribution is -2.45. The molecule has 0 radical (unpaired) electrons. The van der Waals surface area contributed by atoms with E-state index < -0.39 is 0 Å². The van der Waals surface area contributed by atoms with Crippen molar-refractivity contribution in [3.8, 4) is 0 Å². The fraction of sp³-hybridized carbons (Fsp3) is 0.333. The monoisotopic (exact) mass is 323 g/mol. The fourth-order valence-electron chi connectivity index (χ4n) is 3.20. The van der Waals surface area contributed by atoms with Gasteiger partial charge in [-0.05, 0) is 37.6 Å². The Labute approximate surface area is 140 Å². The van der Waals surface area contributed by atoms with Crippen LogP contribution in [0.3, 0.4) is 0 Å². The molecule has 3 aromatic rings. The van der Waals surface area contributed by atoms with Crippen molar-refractivity contribution in [3.05, 3.63) is 54.4 Å². The van der Waals surface area contributed by atoms with E-state index in [9.17, 15) is 0 Å². The second kappa shape index (κ2) is 6.49. The molecule has 3 N–H and O–H groups in total. The van der Waals surface area contributed by atoms with Gasteiger partial charge in [-0.25, -0.2) is 0 Å². The lowest BCUT2D eigenvalue weighted by molar-refractivity contribution is 0.431. The van der Waals surface area contributed by atoms with E-state index in [4.69, 9.17) is 9.83 Å². The Balaban J connectivity index is 1.45. The molecule has 4 heterocycles. The molecule has 0 aromatic carbocycles. The quantitative estimate of drug-likeness (QED) is 0.509. The zero-order valence-corrected chi connectivity index (χ0v) is 13.5. The molecule has 0 bridgehead atoms. The smallest absolute Gasteiger partial charge is 0.128 e. The molecule has 0 spiro atoms. The molecule has 24 heavy (non-hydrogen) atoms. The second-order valence-electron chi connectivity index (χ2n) is 6.24. The van der Waals surface area contributed by atoms with Crippen molar-refractivity contribution >= 4 is 16.7 Å². The van der Waals surface area contributed by atoms with E-state index >= 15 is 0 Å². The minimum Gasteiger partial charge on any atom is -0.467 e. The number of nitrogens with zero attached hydrogens (tertiary/aromatic N) is 2. The van der Waals surface area contributed by atoms with Gasteiger partial charge >= 0.3 is 0 Å². The third-order valence-electron chi connectivity index (χ3n) is 4.49. The van der Waals surface area contributed by atoms with E-state index in [0.717, 1.165) is 48.2 Å². The highest BCUT2D eigenvalue weighted by Gasteiger charge is 2.16. The first-order valence-corrected chi connectivity index (χ1v) is 8.32. The summed E-state index contributed by atoms with van der Waals surface area (Å²) in [6.07, 6.45) is 9.60. The molecule has 0 aliphatic carbocycles. The lowest BCUT2D eigenvalue weighted by Gasteiger charge is -2.24. The molecule has 4 rings (SSSR count). The molecule has 1 unspecified atom stereocenters. The van der Waals surface area contributed by atoms with Crippen molar-refractivity contribution in [2.24, 2.45) is 0 Å². The summed E-state index contributed by atoms with van der Waals surface area (Å²) in [4.78, 5) is 4.14. The summed E-state index contributed by atoms with van der Waals surface area (Å²) in [6.45, 7) is 2.63. The highest BCUT2D eigenvalue weighted by molar-refractivity contribution is 5.96. The van der Waals surface area contributed by atoms with Crippen LogP contribution in [0.25, 0.3) is 10.9 Å². The first-order valence-electron chi connectivity index (χ1n) is 8.32. The van der Waals surface area contributed by atoms with Crippen molar-refractivity contribution in [1.29, 1.82) is 5.41 Å². The van der Waals surface area contributed by atoms with Crippen LogP contribution >= 0.6 is 0 Å². The van der Waals surface area contributed by atoms with Crippen molar-refractivity contribution in [3.63, 3.8) is 0 Å². The SMILES string of the molecule is N=C(NC1CCCNC1)c1coc(Cn2ccc3cnccc32)c1. The Morgan fingerprint density at radius 1 is 1.46 bits per heavy atom. The van der Waals surface area contributed by atoms with Crippen LogP contribution in [0.1, 0.15) is 24.2 Å². The largest absolute Gasteiger partial charge is 0.467 e. The van der Waals surface area contributed by atoms with Crippen molar-refractivity contribution in [2.75, 3.05) is 13.1 Å². The Kier molecular flexibility index (Phi) is 4.04. The van der Waals surface area contributed by atoms with Crippen LogP contribution in [-0.4, -0.2) is 34.5 Å². The number of rotatable bonds is 4. The maximum Gasteiger partial charge on any atom is 0.128 e. The van der Waals surface area contributed by atoms with Crippen molar-refractivity contribution in [2.45, 2.75) is 25.4 Å². The minimum absolute atomic E-state index is 0.325. The highest BCUT2D eigenvalue weighted by atomic mass is 16.3. The summed E-state index contributed by atoms with van der Waals surface area (Å²) < 4.78 is 7.79. The first kappa shape index (κ1) is 15.0. The van der Waals surface area contributed by atoms with Crippen LogP contribution in [0.5, 0.6) is 0 Å². The summed E-state index contributed by atoms with van der Waals surface area (Å²) in [6, 6.07) is 6.31. The van der Waals surface area contributed by atoms with E-state index in [1.54, 1.807) is 12.5 Å². The summed E-state index contributed by atoms with van der Waals surface area (Å²) >= 11 is 0. The van der Waals surface area contributed by atoms with E-state index in [-0.39, 0.29) is 0 Å². The van der Waals surface area contributed by atoms with Gasteiger partial charge in [0.25, 0.3) is 0 Å². The molecular weight excluding hydrogens is 302 g/mol. The molecule has 1 aliphatic rings. The maximum atomic E-state index is 8.25. The number of nitrogens with one attached hydrogen (secondary N) is 3. The predicted molar refractivity (Wildman–Crippen MR) is 93.4 cm³/mol. The predicted octanol–water partition coefficient (Wildman–Crippen LogP) is 2.34. The number of amidine groups is 1. The van der Waals surface area contributed by atoms with E-state index in [1.165, 1.54) is 0 Å². The maximum absolute atomic E-state index is 8.25. The number of fused-ring (bicyclic) bond motifs is 1. The molecule has 1 aliphatic heterocycles. The number of hydrogen-bond acceptors (Lipinski definition) is 4. The number of piperidine rings is 1. The van der Waals surface area contributed by atoms with Crippen LogP contribution in [0.15, 0.2) is 47.5 Å². The number of pyridine rings is 1. The highest BCUT2D eigenvalue weighted by Crippen LogP contribution is 2.17. The summed E-state index contributed by atoms with van der Waals surface area (Å²) in [7, 11) is 0. The van der Waals surface area contributed by atoms with Gasteiger partial charge in [-0.1, -0.05) is 0 Å². The van der Waals surface area contributed by atoms with E-state index in [0.29, 0.717) is 18.4 Å². The third kappa shape index (κ3) is 3.05. The van der Waals surface area contributed by atoms with Gasteiger partial charge in [-0.15, -0.1) is 0 Å². The molecule has 1 atom stereocenters. The average Bonchev–Trinajstić information content (AvgIpc) is 3.24. The first-order chi connectivity index (χ1) is 11.8. The van der Waals surface area contributed by atoms with Crippen LogP contribution in [-0.2, 0) is 6.54 Å². The van der Waals surface area contributed by atoms with E-state index in [2.05, 4.69) is 20.2 Å². The molecule has 0 amide bonds. The summed E-state index contributed by atoms with van der Waals surface area (Å²) in [5.41, 5.74) is 1.93.